The normalized spacial score (nSPS) is 13.2. The Bertz CT molecular complexity index is 653. The van der Waals surface area contributed by atoms with Gasteiger partial charge in [0.1, 0.15) is 11.5 Å². The zero-order valence-electron chi connectivity index (χ0n) is 14.6. The van der Waals surface area contributed by atoms with E-state index in [0.717, 1.165) is 69.3 Å². The van der Waals surface area contributed by atoms with E-state index < -0.39 is 0 Å². The van der Waals surface area contributed by atoms with Gasteiger partial charge in [0.25, 0.3) is 0 Å². The molecule has 132 valence electrons. The molecule has 1 aliphatic heterocycles. The molecule has 1 heterocycles. The Labute approximate surface area is 149 Å². The molecule has 4 heteroatoms. The van der Waals surface area contributed by atoms with Gasteiger partial charge in [-0.2, -0.15) is 0 Å². The average molecular weight is 338 g/mol. The summed E-state index contributed by atoms with van der Waals surface area (Å²) < 4.78 is 11.5. The van der Waals surface area contributed by atoms with Crippen molar-refractivity contribution < 1.29 is 9.47 Å². The van der Waals surface area contributed by atoms with Gasteiger partial charge in [-0.3, -0.25) is 4.99 Å². The molecule has 25 heavy (non-hydrogen) atoms. The van der Waals surface area contributed by atoms with Gasteiger partial charge in [0.2, 0.25) is 0 Å². The highest BCUT2D eigenvalue weighted by molar-refractivity contribution is 5.83. The molecule has 0 saturated heterocycles. The van der Waals surface area contributed by atoms with Crippen molar-refractivity contribution in [1.29, 1.82) is 0 Å². The molecule has 0 radical (unpaired) electrons. The van der Waals surface area contributed by atoms with E-state index in [1.165, 1.54) is 5.56 Å². The van der Waals surface area contributed by atoms with Gasteiger partial charge in [0.05, 0.1) is 25.6 Å². The lowest BCUT2D eigenvalue weighted by molar-refractivity contribution is 0.266. The fraction of sp³-hybridized carbons (Fsp3) is 0.381. The third kappa shape index (κ3) is 6.14. The number of rotatable bonds is 10. The number of hydrogen-bond donors (Lipinski definition) is 1. The largest absolute Gasteiger partial charge is 0.494 e. The molecule has 1 N–H and O–H groups in total. The van der Waals surface area contributed by atoms with Crippen molar-refractivity contribution in [3.8, 4) is 11.5 Å². The molecule has 0 aromatic heterocycles. The Kier molecular flexibility index (Phi) is 6.74. The number of ether oxygens (including phenoxy) is 2. The quantitative estimate of drug-likeness (QED) is 0.669. The van der Waals surface area contributed by atoms with Gasteiger partial charge in [0, 0.05) is 13.0 Å². The number of unbranched alkanes of at least 4 members (excludes halogenated alkanes) is 1. The second-order valence-electron chi connectivity index (χ2n) is 6.12. The van der Waals surface area contributed by atoms with Crippen LogP contribution in [0.5, 0.6) is 11.5 Å². The summed E-state index contributed by atoms with van der Waals surface area (Å²) in [7, 11) is 0. The van der Waals surface area contributed by atoms with Crippen LogP contribution in [-0.2, 0) is 6.42 Å². The molecule has 2 aromatic carbocycles. The summed E-state index contributed by atoms with van der Waals surface area (Å²) in [6.07, 6.45) is 3.98. The van der Waals surface area contributed by atoms with Crippen LogP contribution >= 0.6 is 0 Å². The number of nitrogens with one attached hydrogen (secondary N) is 1. The number of amidine groups is 1. The highest BCUT2D eigenvalue weighted by Gasteiger charge is 2.05. The summed E-state index contributed by atoms with van der Waals surface area (Å²) in [5.41, 5.74) is 1.32. The molecule has 0 aliphatic carbocycles. The fourth-order valence-electron chi connectivity index (χ4n) is 2.73. The first kappa shape index (κ1) is 17.3. The third-order valence-corrected chi connectivity index (χ3v) is 4.14. The molecular weight excluding hydrogens is 312 g/mol. The lowest BCUT2D eigenvalue weighted by atomic mass is 10.1. The second-order valence-corrected chi connectivity index (χ2v) is 6.12. The van der Waals surface area contributed by atoms with Crippen molar-refractivity contribution >= 4 is 5.84 Å². The number of benzene rings is 2. The van der Waals surface area contributed by atoms with Gasteiger partial charge >= 0.3 is 0 Å². The smallest absolute Gasteiger partial charge is 0.119 e. The average Bonchev–Trinajstić information content (AvgIpc) is 3.18. The summed E-state index contributed by atoms with van der Waals surface area (Å²) in [6, 6.07) is 18.3. The van der Waals surface area contributed by atoms with Gasteiger partial charge in [-0.25, -0.2) is 0 Å². The maximum Gasteiger partial charge on any atom is 0.119 e. The maximum atomic E-state index is 5.80. The molecule has 4 nitrogen and oxygen atoms in total. The van der Waals surface area contributed by atoms with E-state index in [4.69, 9.17) is 9.47 Å². The monoisotopic (exact) mass is 338 g/mol. The Morgan fingerprint density at radius 2 is 1.48 bits per heavy atom. The van der Waals surface area contributed by atoms with Crippen LogP contribution < -0.4 is 14.8 Å². The van der Waals surface area contributed by atoms with E-state index in [1.807, 2.05) is 30.3 Å². The molecule has 0 atom stereocenters. The summed E-state index contributed by atoms with van der Waals surface area (Å²) >= 11 is 0. The summed E-state index contributed by atoms with van der Waals surface area (Å²) in [6.45, 7) is 3.35. The van der Waals surface area contributed by atoms with Gasteiger partial charge in [-0.1, -0.05) is 30.3 Å². The van der Waals surface area contributed by atoms with Crippen LogP contribution in [-0.4, -0.2) is 32.1 Å². The number of para-hydroxylation sites is 1. The maximum absolute atomic E-state index is 5.80. The minimum atomic E-state index is 0.720. The van der Waals surface area contributed by atoms with E-state index in [0.29, 0.717) is 0 Å². The lowest BCUT2D eigenvalue weighted by Gasteiger charge is -2.08. The summed E-state index contributed by atoms with van der Waals surface area (Å²) in [5.74, 6) is 3.00. The third-order valence-electron chi connectivity index (χ3n) is 4.14. The van der Waals surface area contributed by atoms with Crippen molar-refractivity contribution in [3.05, 3.63) is 60.2 Å². The highest BCUT2D eigenvalue weighted by atomic mass is 16.5. The lowest BCUT2D eigenvalue weighted by Crippen LogP contribution is -2.18. The number of hydrogen-bond acceptors (Lipinski definition) is 4. The molecule has 0 saturated carbocycles. The van der Waals surface area contributed by atoms with Crippen LogP contribution in [0.2, 0.25) is 0 Å². The minimum absolute atomic E-state index is 0.720. The van der Waals surface area contributed by atoms with Crippen LogP contribution in [0.1, 0.15) is 24.8 Å². The Morgan fingerprint density at radius 1 is 0.800 bits per heavy atom. The van der Waals surface area contributed by atoms with Crippen molar-refractivity contribution in [2.24, 2.45) is 4.99 Å². The molecule has 3 rings (SSSR count). The van der Waals surface area contributed by atoms with Crippen molar-refractivity contribution in [2.45, 2.75) is 25.7 Å². The molecule has 0 amide bonds. The predicted octanol–water partition coefficient (Wildman–Crippen LogP) is 3.86. The Morgan fingerprint density at radius 3 is 2.12 bits per heavy atom. The van der Waals surface area contributed by atoms with Crippen LogP contribution in [0.15, 0.2) is 59.6 Å². The number of aryl methyl sites for hydroxylation is 1. The van der Waals surface area contributed by atoms with Crippen molar-refractivity contribution in [2.75, 3.05) is 26.3 Å². The van der Waals surface area contributed by atoms with Crippen LogP contribution in [0.4, 0.5) is 0 Å². The fourth-order valence-corrected chi connectivity index (χ4v) is 2.73. The van der Waals surface area contributed by atoms with E-state index in [-0.39, 0.29) is 0 Å². The zero-order valence-corrected chi connectivity index (χ0v) is 14.6. The standard InChI is InChI=1S/C21H26N2O2/c1-2-6-19(7-3-1)24-16-4-5-17-25-20-11-8-18(9-12-20)10-13-21-22-14-15-23-21/h1-3,6-9,11-12H,4-5,10,13-17H2,(H,22,23). The van der Waals surface area contributed by atoms with Gasteiger partial charge in [0.15, 0.2) is 0 Å². The van der Waals surface area contributed by atoms with Crippen LogP contribution in [0.3, 0.4) is 0 Å². The SMILES string of the molecule is c1ccc(OCCCCOc2ccc(CCC3=NCCN3)cc2)cc1. The van der Waals surface area contributed by atoms with E-state index >= 15 is 0 Å². The Hall–Kier alpha value is -2.49. The van der Waals surface area contributed by atoms with Gasteiger partial charge in [-0.15, -0.1) is 0 Å². The summed E-state index contributed by atoms with van der Waals surface area (Å²) in [4.78, 5) is 4.42. The predicted molar refractivity (Wildman–Crippen MR) is 102 cm³/mol. The molecule has 0 spiro atoms. The minimum Gasteiger partial charge on any atom is -0.494 e. The summed E-state index contributed by atoms with van der Waals surface area (Å²) in [5, 5.41) is 3.31. The van der Waals surface area contributed by atoms with Crippen molar-refractivity contribution in [1.82, 2.24) is 5.32 Å². The highest BCUT2D eigenvalue weighted by Crippen LogP contribution is 2.14. The van der Waals surface area contributed by atoms with Crippen LogP contribution in [0, 0.1) is 0 Å². The first-order valence-electron chi connectivity index (χ1n) is 9.07. The van der Waals surface area contributed by atoms with E-state index in [1.54, 1.807) is 0 Å². The molecule has 0 bridgehead atoms. The molecular formula is C21H26N2O2. The molecule has 1 aliphatic rings. The topological polar surface area (TPSA) is 42.9 Å². The molecule has 0 unspecified atom stereocenters. The first-order chi connectivity index (χ1) is 12.4. The van der Waals surface area contributed by atoms with Gasteiger partial charge in [-0.05, 0) is 49.1 Å². The Balaban J connectivity index is 1.28. The van der Waals surface area contributed by atoms with Gasteiger partial charge < -0.3 is 14.8 Å². The van der Waals surface area contributed by atoms with Crippen LogP contribution in [0.25, 0.3) is 0 Å². The van der Waals surface area contributed by atoms with E-state index in [2.05, 4.69) is 34.6 Å². The second kappa shape index (κ2) is 9.72. The number of nitrogens with zero attached hydrogens (tertiary/aromatic N) is 1. The molecule has 0 fully saturated rings. The van der Waals surface area contributed by atoms with Crippen molar-refractivity contribution in [3.63, 3.8) is 0 Å². The molecule has 2 aromatic rings. The first-order valence-corrected chi connectivity index (χ1v) is 9.07. The van der Waals surface area contributed by atoms with E-state index in [9.17, 15) is 0 Å². The zero-order chi connectivity index (χ0) is 17.2. The number of aliphatic imine (C=N–C) groups is 1.